The Morgan fingerprint density at radius 1 is 0.839 bits per heavy atom. The number of aromatic nitrogens is 2. The van der Waals surface area contributed by atoms with E-state index < -0.39 is 35.7 Å². The van der Waals surface area contributed by atoms with Crippen LogP contribution in [0.5, 0.6) is 0 Å². The molecule has 0 unspecified atom stereocenters. The van der Waals surface area contributed by atoms with E-state index in [2.05, 4.69) is 4.98 Å². The van der Waals surface area contributed by atoms with Gasteiger partial charge in [0.1, 0.15) is 12.9 Å². The lowest BCUT2D eigenvalue weighted by Gasteiger charge is -2.04. The van der Waals surface area contributed by atoms with Gasteiger partial charge in [-0.3, -0.25) is 17.3 Å². The number of carbonyl (C=O) groups excluding carboxylic acids is 1. The quantitative estimate of drug-likeness (QED) is 0.179. The highest BCUT2D eigenvalue weighted by molar-refractivity contribution is 6.32. The van der Waals surface area contributed by atoms with E-state index in [4.69, 9.17) is 44.9 Å². The van der Waals surface area contributed by atoms with Crippen molar-refractivity contribution >= 4 is 35.7 Å². The molecule has 20 heteroatoms. The minimum absolute atomic E-state index is 0.276. The predicted molar refractivity (Wildman–Crippen MR) is 99.5 cm³/mol. The summed E-state index contributed by atoms with van der Waals surface area (Å²) in [5.41, 5.74) is 0.964. The van der Waals surface area contributed by atoms with Gasteiger partial charge in [-0.05, 0) is 5.56 Å². The molecule has 0 amide bonds. The number of benzene rings is 1. The second-order valence-corrected chi connectivity index (χ2v) is 4.25. The fraction of sp³-hybridized carbons (Fsp3) is 0.0909. The maximum atomic E-state index is 11.4. The topological polar surface area (TPSA) is 206 Å². The van der Waals surface area contributed by atoms with Crippen molar-refractivity contribution in [2.45, 2.75) is 6.61 Å². The summed E-state index contributed by atoms with van der Waals surface area (Å²) in [4.78, 5) is 15.1. The van der Waals surface area contributed by atoms with E-state index >= 15 is 0 Å². The van der Waals surface area contributed by atoms with Crippen molar-refractivity contribution in [1.29, 1.82) is 0 Å². The van der Waals surface area contributed by atoms with Gasteiger partial charge in [0, 0.05) is 12.4 Å². The molecule has 0 bridgehead atoms. The molecule has 0 saturated carbocycles. The number of nitrogens with zero attached hydrogens (tertiary/aromatic N) is 2. The first-order valence-corrected chi connectivity index (χ1v) is 7.49. The number of halogens is 4. The summed E-state index contributed by atoms with van der Waals surface area (Å²) < 4.78 is 46.8. The summed E-state index contributed by atoms with van der Waals surface area (Å²) >= 11 is 0. The number of imidazole rings is 1. The lowest BCUT2D eigenvalue weighted by Crippen LogP contribution is -2.11. The van der Waals surface area contributed by atoms with Crippen LogP contribution in [0.2, 0.25) is 0 Å². The van der Waals surface area contributed by atoms with Gasteiger partial charge < -0.3 is 44.9 Å². The van der Waals surface area contributed by atoms with Gasteiger partial charge in [0.15, 0.2) is 0 Å². The molecule has 0 fully saturated rings. The average molecular weight is 458 g/mol. The minimum atomic E-state index is -2.67. The molecule has 1 aromatic carbocycles. The third kappa shape index (κ3) is 38.7. The Morgan fingerprint density at radius 2 is 1.23 bits per heavy atom. The van der Waals surface area contributed by atoms with Gasteiger partial charge in [-0.25, -0.2) is 14.3 Å². The molecule has 172 valence electrons. The molecule has 12 nitrogen and oxygen atoms in total. The van der Waals surface area contributed by atoms with Gasteiger partial charge >= 0.3 is 35.7 Å². The Hall–Kier alpha value is -2.44. The van der Waals surface area contributed by atoms with Crippen molar-refractivity contribution in [3.63, 3.8) is 0 Å². The molecule has 0 atom stereocenters. The molecule has 8 N–H and O–H groups in total. The Bertz CT molecular complexity index is 597. The van der Waals surface area contributed by atoms with Crippen LogP contribution in [0.15, 0.2) is 49.1 Å². The second kappa shape index (κ2) is 22.2. The van der Waals surface area contributed by atoms with Gasteiger partial charge in [0.2, 0.25) is 0 Å². The molecule has 31 heavy (non-hydrogen) atoms. The summed E-state index contributed by atoms with van der Waals surface area (Å²) in [6.07, 6.45) is 4.07. The van der Waals surface area contributed by atoms with Crippen LogP contribution in [0.4, 0.5) is 22.1 Å². The molecule has 1 heterocycles. The predicted octanol–water partition coefficient (Wildman–Crippen LogP) is -2.23. The standard InChI is InChI=1S/C11H10N2O2.4BFH2O2/c14-11(13-7-6-12-9-13)15-8-10-4-2-1-3-5-10;4*2-1(3)4/h1-7,9H,8H2;4*3-4H. The normalized spacial score (nSPS) is 8.26. The smallest absolute Gasteiger partial charge is 0.444 e. The highest BCUT2D eigenvalue weighted by Gasteiger charge is 2.04. The average Bonchev–Trinajstić information content (AvgIpc) is 3.13. The van der Waals surface area contributed by atoms with Crippen molar-refractivity contribution in [2.75, 3.05) is 0 Å². The Kier molecular flexibility index (Phi) is 23.8. The summed E-state index contributed by atoms with van der Waals surface area (Å²) in [5, 5.41) is 55.6. The van der Waals surface area contributed by atoms with Crippen molar-refractivity contribution in [3.05, 3.63) is 54.6 Å². The van der Waals surface area contributed by atoms with Crippen LogP contribution in [0, 0.1) is 0 Å². The highest BCUT2D eigenvalue weighted by Crippen LogP contribution is 2.01. The molecule has 0 radical (unpaired) electrons. The number of hydrogen-bond donors (Lipinski definition) is 8. The summed E-state index contributed by atoms with van der Waals surface area (Å²) in [5.74, 6) is 0. The van der Waals surface area contributed by atoms with Crippen LogP contribution < -0.4 is 0 Å². The molecule has 1 aromatic heterocycles. The molecular weight excluding hydrogens is 439 g/mol. The number of rotatable bonds is 2. The second-order valence-electron chi connectivity index (χ2n) is 4.25. The number of hydrogen-bond acceptors (Lipinski definition) is 11. The Labute approximate surface area is 174 Å². The van der Waals surface area contributed by atoms with Crippen LogP contribution in [-0.2, 0) is 11.3 Å². The first-order valence-electron chi connectivity index (χ1n) is 7.49. The molecule has 2 aromatic rings. The van der Waals surface area contributed by atoms with Crippen molar-refractivity contribution in [3.8, 4) is 0 Å². The summed E-state index contributed by atoms with van der Waals surface area (Å²) in [6, 6.07) is 9.53. The molecule has 2 rings (SSSR count). The Morgan fingerprint density at radius 3 is 1.55 bits per heavy atom. The molecule has 0 aliphatic rings. The molecular formula is C11H18B4F4N2O10. The van der Waals surface area contributed by atoms with E-state index in [-0.39, 0.29) is 6.61 Å². The maximum absolute atomic E-state index is 11.4. The maximum Gasteiger partial charge on any atom is 0.674 e. The van der Waals surface area contributed by atoms with Crippen molar-refractivity contribution in [2.24, 2.45) is 0 Å². The fourth-order valence-corrected chi connectivity index (χ4v) is 1.16. The molecule has 0 spiro atoms. The van der Waals surface area contributed by atoms with Gasteiger partial charge in [-0.15, -0.1) is 0 Å². The molecule has 0 aliphatic carbocycles. The van der Waals surface area contributed by atoms with E-state index in [1.165, 1.54) is 17.1 Å². The van der Waals surface area contributed by atoms with Gasteiger partial charge in [-0.2, -0.15) is 0 Å². The fourth-order valence-electron chi connectivity index (χ4n) is 1.16. The van der Waals surface area contributed by atoms with Gasteiger partial charge in [-0.1, -0.05) is 30.3 Å². The SMILES string of the molecule is O=C(OCc1ccccc1)n1ccnc1.OB(O)F.OB(O)F.OB(O)F.OB(O)F. The van der Waals surface area contributed by atoms with Crippen LogP contribution in [0.3, 0.4) is 0 Å². The summed E-state index contributed by atoms with van der Waals surface area (Å²) in [7, 11) is -10.7. The third-order valence-corrected chi connectivity index (χ3v) is 1.92. The Balaban J connectivity index is -0.000000404. The third-order valence-electron chi connectivity index (χ3n) is 1.92. The van der Waals surface area contributed by atoms with Crippen LogP contribution in [0.25, 0.3) is 0 Å². The van der Waals surface area contributed by atoms with Crippen LogP contribution in [-0.4, -0.2) is 85.4 Å². The summed E-state index contributed by atoms with van der Waals surface area (Å²) in [6.45, 7) is 0.276. The number of ether oxygens (including phenoxy) is 1. The largest absolute Gasteiger partial charge is 0.674 e. The van der Waals surface area contributed by atoms with Crippen LogP contribution in [0.1, 0.15) is 5.56 Å². The van der Waals surface area contributed by atoms with Gasteiger partial charge in [0.05, 0.1) is 0 Å². The highest BCUT2D eigenvalue weighted by atomic mass is 19.1. The lowest BCUT2D eigenvalue weighted by atomic mass is 10.2. The zero-order valence-corrected chi connectivity index (χ0v) is 15.4. The van der Waals surface area contributed by atoms with Gasteiger partial charge in [0.25, 0.3) is 0 Å². The molecule has 0 saturated heterocycles. The van der Waals surface area contributed by atoms with E-state index in [0.717, 1.165) is 5.56 Å². The van der Waals surface area contributed by atoms with E-state index in [1.54, 1.807) is 6.20 Å². The van der Waals surface area contributed by atoms with E-state index in [9.17, 15) is 22.1 Å². The van der Waals surface area contributed by atoms with E-state index in [1.807, 2.05) is 30.3 Å². The van der Waals surface area contributed by atoms with E-state index in [0.29, 0.717) is 0 Å². The monoisotopic (exact) mass is 458 g/mol. The minimum Gasteiger partial charge on any atom is -0.444 e. The first-order chi connectivity index (χ1) is 14.3. The molecule has 0 aliphatic heterocycles. The lowest BCUT2D eigenvalue weighted by molar-refractivity contribution is 0.141. The van der Waals surface area contributed by atoms with Crippen LogP contribution >= 0.6 is 0 Å². The van der Waals surface area contributed by atoms with Crippen molar-refractivity contribution < 1.29 is 67.0 Å². The number of carbonyl (C=O) groups is 1. The first kappa shape index (κ1) is 33.2. The zero-order chi connectivity index (χ0) is 24.8. The van der Waals surface area contributed by atoms with Crippen molar-refractivity contribution in [1.82, 2.24) is 9.55 Å². The zero-order valence-electron chi connectivity index (χ0n) is 15.4.